The van der Waals surface area contributed by atoms with Crippen LogP contribution in [0.15, 0.2) is 4.99 Å². The zero-order chi connectivity index (χ0) is 11.7. The zero-order valence-electron chi connectivity index (χ0n) is 10.9. The minimum atomic E-state index is 0. The molecule has 0 aromatic heterocycles. The number of hydrogen-bond acceptors (Lipinski definition) is 2. The Hall–Kier alpha value is -0.570. The van der Waals surface area contributed by atoms with Crippen LogP contribution < -0.4 is 10.9 Å². The lowest BCUT2D eigenvalue weighted by Crippen LogP contribution is -2.31. The molecule has 0 saturated heterocycles. The number of aliphatic imine (C=N–C) groups is 1. The Morgan fingerprint density at radius 3 is 1.38 bits per heavy atom. The van der Waals surface area contributed by atoms with Crippen LogP contribution in [-0.2, 0) is 0 Å². The number of nitrogens with zero attached hydrogens (tertiary/aromatic N) is 1. The van der Waals surface area contributed by atoms with Crippen LogP contribution in [0.4, 0.5) is 0 Å². The van der Waals surface area contributed by atoms with Gasteiger partial charge in [0, 0.05) is 15.5 Å². The number of nitrogens with one attached hydrogen (secondary N) is 2. The predicted molar refractivity (Wildman–Crippen MR) is 67.4 cm³/mol. The standard InChI is InChI=1S/C4H11N3.3C2H6.H2/c1-4(5-2)7-6-3;3*1-2;/h6H,1-3H3,(H,5,7);3*1-2H3;1H. The molecule has 0 spiro atoms. The molecule has 0 unspecified atom stereocenters. The van der Waals surface area contributed by atoms with Gasteiger partial charge in [0.05, 0.1) is 0 Å². The van der Waals surface area contributed by atoms with Crippen molar-refractivity contribution in [3.63, 3.8) is 0 Å². The maximum Gasteiger partial charge on any atom is 0.107 e. The molecule has 0 amide bonds. The van der Waals surface area contributed by atoms with Crippen molar-refractivity contribution >= 4 is 5.84 Å². The van der Waals surface area contributed by atoms with Crippen LogP contribution in [-0.4, -0.2) is 19.9 Å². The smallest absolute Gasteiger partial charge is 0.107 e. The second-order valence-electron chi connectivity index (χ2n) is 1.18. The average Bonchev–Trinajstić information content (AvgIpc) is 2.27. The molecule has 0 rings (SSSR count). The monoisotopic (exact) mass is 193 g/mol. The lowest BCUT2D eigenvalue weighted by Gasteiger charge is -1.98. The van der Waals surface area contributed by atoms with Crippen LogP contribution in [0.5, 0.6) is 0 Å². The fourth-order valence-electron chi connectivity index (χ4n) is 0.237. The summed E-state index contributed by atoms with van der Waals surface area (Å²) in [5.41, 5.74) is 5.53. The normalized spacial score (nSPS) is 7.62. The van der Waals surface area contributed by atoms with Crippen molar-refractivity contribution in [2.45, 2.75) is 48.5 Å². The van der Waals surface area contributed by atoms with Crippen LogP contribution in [0.2, 0.25) is 0 Å². The molecule has 3 nitrogen and oxygen atoms in total. The van der Waals surface area contributed by atoms with Gasteiger partial charge in [0.25, 0.3) is 0 Å². The Balaban J connectivity index is -0.0000000332. The van der Waals surface area contributed by atoms with E-state index in [1.165, 1.54) is 0 Å². The van der Waals surface area contributed by atoms with Crippen molar-refractivity contribution in [1.82, 2.24) is 10.9 Å². The van der Waals surface area contributed by atoms with Crippen molar-refractivity contribution in [2.24, 2.45) is 4.99 Å². The van der Waals surface area contributed by atoms with Crippen LogP contribution in [0.3, 0.4) is 0 Å². The zero-order valence-corrected chi connectivity index (χ0v) is 10.9. The van der Waals surface area contributed by atoms with E-state index in [4.69, 9.17) is 0 Å². The van der Waals surface area contributed by atoms with Gasteiger partial charge in [-0.15, -0.1) is 0 Å². The lowest BCUT2D eigenvalue weighted by atomic mass is 10.7. The van der Waals surface area contributed by atoms with E-state index in [2.05, 4.69) is 15.8 Å². The maximum atomic E-state index is 3.82. The molecule has 0 fully saturated rings. The molecule has 0 aromatic rings. The summed E-state index contributed by atoms with van der Waals surface area (Å²) in [4.78, 5) is 3.82. The first-order valence-corrected chi connectivity index (χ1v) is 5.17. The first kappa shape index (κ1) is 22.9. The lowest BCUT2D eigenvalue weighted by molar-refractivity contribution is 0.763. The van der Waals surface area contributed by atoms with Crippen LogP contribution in [0.25, 0.3) is 0 Å². The first-order chi connectivity index (χ1) is 6.31. The Morgan fingerprint density at radius 2 is 1.31 bits per heavy atom. The molecule has 0 aliphatic rings. The van der Waals surface area contributed by atoms with Gasteiger partial charge < -0.3 is 5.43 Å². The third-order valence-electron chi connectivity index (χ3n) is 0.641. The van der Waals surface area contributed by atoms with Gasteiger partial charge in [0.1, 0.15) is 5.84 Å². The molecule has 0 aliphatic heterocycles. The quantitative estimate of drug-likeness (QED) is 0.381. The van der Waals surface area contributed by atoms with Gasteiger partial charge in [-0.1, -0.05) is 41.5 Å². The Morgan fingerprint density at radius 1 is 1.00 bits per heavy atom. The van der Waals surface area contributed by atoms with Gasteiger partial charge in [-0.05, 0) is 6.92 Å². The van der Waals surface area contributed by atoms with E-state index in [1.807, 2.05) is 48.5 Å². The summed E-state index contributed by atoms with van der Waals surface area (Å²) in [5.74, 6) is 0.891. The Kier molecular flexibility index (Phi) is 74.1. The highest BCUT2D eigenvalue weighted by atomic mass is 15.4. The third-order valence-corrected chi connectivity index (χ3v) is 0.641. The van der Waals surface area contributed by atoms with Gasteiger partial charge >= 0.3 is 0 Å². The highest BCUT2D eigenvalue weighted by molar-refractivity contribution is 5.78. The van der Waals surface area contributed by atoms with Crippen molar-refractivity contribution in [3.05, 3.63) is 0 Å². The SMILES string of the molecule is CC.CC.CC.CN=C(C)NNC.[HH]. The molecule has 3 heteroatoms. The molecule has 13 heavy (non-hydrogen) atoms. The van der Waals surface area contributed by atoms with Crippen LogP contribution in [0.1, 0.15) is 49.9 Å². The molecule has 0 radical (unpaired) electrons. The summed E-state index contributed by atoms with van der Waals surface area (Å²) < 4.78 is 0. The minimum Gasteiger partial charge on any atom is -0.310 e. The van der Waals surface area contributed by atoms with E-state index in [0.717, 1.165) is 5.84 Å². The fourth-order valence-corrected chi connectivity index (χ4v) is 0.237. The molecule has 0 aromatic carbocycles. The topological polar surface area (TPSA) is 36.4 Å². The summed E-state index contributed by atoms with van der Waals surface area (Å²) >= 11 is 0. The van der Waals surface area contributed by atoms with Crippen LogP contribution in [0, 0.1) is 0 Å². The highest BCUT2D eigenvalue weighted by Crippen LogP contribution is 1.59. The molecule has 86 valence electrons. The Labute approximate surface area is 86.5 Å². The average molecular weight is 193 g/mol. The third kappa shape index (κ3) is 51.8. The van der Waals surface area contributed by atoms with E-state index >= 15 is 0 Å². The minimum absolute atomic E-state index is 0. The van der Waals surface area contributed by atoms with E-state index in [9.17, 15) is 0 Å². The maximum absolute atomic E-state index is 3.82. The molecule has 0 heterocycles. The summed E-state index contributed by atoms with van der Waals surface area (Å²) in [6, 6.07) is 0. The van der Waals surface area contributed by atoms with Gasteiger partial charge in [-0.3, -0.25) is 4.99 Å². The summed E-state index contributed by atoms with van der Waals surface area (Å²) in [6.45, 7) is 13.9. The van der Waals surface area contributed by atoms with Crippen molar-refractivity contribution in [2.75, 3.05) is 14.1 Å². The van der Waals surface area contributed by atoms with Gasteiger partial charge in [-0.2, -0.15) is 0 Å². The number of hydrazine groups is 1. The number of hydrogen-bond donors (Lipinski definition) is 2. The molecular weight excluding hydrogens is 162 g/mol. The largest absolute Gasteiger partial charge is 0.310 e. The molecule has 0 bridgehead atoms. The fraction of sp³-hybridized carbons (Fsp3) is 0.900. The summed E-state index contributed by atoms with van der Waals surface area (Å²) in [6.07, 6.45) is 0. The molecule has 2 N–H and O–H groups in total. The van der Waals surface area contributed by atoms with Crippen molar-refractivity contribution < 1.29 is 1.43 Å². The Bertz CT molecular complexity index is 75.8. The van der Waals surface area contributed by atoms with E-state index in [-0.39, 0.29) is 1.43 Å². The number of rotatable bonds is 1. The number of amidine groups is 1. The molecule has 0 atom stereocenters. The summed E-state index contributed by atoms with van der Waals surface area (Å²) in [7, 11) is 3.54. The molecular formula is C10H31N3. The predicted octanol–water partition coefficient (Wildman–Crippen LogP) is 3.08. The highest BCUT2D eigenvalue weighted by Gasteiger charge is 1.76. The van der Waals surface area contributed by atoms with Crippen molar-refractivity contribution in [1.29, 1.82) is 0 Å². The molecule has 0 saturated carbocycles. The van der Waals surface area contributed by atoms with E-state index in [0.29, 0.717) is 0 Å². The molecule has 0 aliphatic carbocycles. The van der Waals surface area contributed by atoms with E-state index in [1.54, 1.807) is 14.1 Å². The van der Waals surface area contributed by atoms with Gasteiger partial charge in [0.15, 0.2) is 0 Å². The second kappa shape index (κ2) is 42.2. The summed E-state index contributed by atoms with van der Waals surface area (Å²) in [5, 5.41) is 0. The second-order valence-corrected chi connectivity index (χ2v) is 1.18. The van der Waals surface area contributed by atoms with Gasteiger partial charge in [0.2, 0.25) is 0 Å². The van der Waals surface area contributed by atoms with E-state index < -0.39 is 0 Å². The first-order valence-electron chi connectivity index (χ1n) is 5.17. The van der Waals surface area contributed by atoms with Crippen molar-refractivity contribution in [3.8, 4) is 0 Å². The van der Waals surface area contributed by atoms with Gasteiger partial charge in [-0.25, -0.2) is 5.43 Å². The van der Waals surface area contributed by atoms with Crippen LogP contribution >= 0.6 is 0 Å².